The molecule has 37 heavy (non-hydrogen) atoms. The van der Waals surface area contributed by atoms with Gasteiger partial charge in [-0.25, -0.2) is 0 Å². The fourth-order valence-electron chi connectivity index (χ4n) is 4.58. The predicted molar refractivity (Wildman–Crippen MR) is 146 cm³/mol. The maximum absolute atomic E-state index is 13.5. The van der Waals surface area contributed by atoms with E-state index in [1.165, 1.54) is 12.0 Å². The van der Waals surface area contributed by atoms with Crippen molar-refractivity contribution in [1.29, 1.82) is 0 Å². The number of carbonyl (C=O) groups excluding carboxylic acids is 2. The standard InChI is InChI=1S/C30H30ClNO5/c1-17-15-22(28(37-6)23(31)16-17)26(33)24-25(18-7-9-19(10-8-18)30(2,3)4)32(29(35)27(24)34)20-11-13-21(36-5)14-12-20/h7-16,25,33H,1-6H3/b26-24+. The molecule has 0 aliphatic carbocycles. The number of halogens is 1. The van der Waals surface area contributed by atoms with Gasteiger partial charge < -0.3 is 14.6 Å². The summed E-state index contributed by atoms with van der Waals surface area (Å²) in [4.78, 5) is 28.4. The minimum Gasteiger partial charge on any atom is -0.507 e. The summed E-state index contributed by atoms with van der Waals surface area (Å²) in [6.07, 6.45) is 0. The summed E-state index contributed by atoms with van der Waals surface area (Å²) >= 11 is 6.38. The summed E-state index contributed by atoms with van der Waals surface area (Å²) in [7, 11) is 2.99. The first kappa shape index (κ1) is 26.3. The second kappa shape index (κ2) is 9.94. The summed E-state index contributed by atoms with van der Waals surface area (Å²) in [6.45, 7) is 8.15. The zero-order valence-electron chi connectivity index (χ0n) is 21.8. The quantitative estimate of drug-likeness (QED) is 0.234. The lowest BCUT2D eigenvalue weighted by atomic mass is 9.85. The van der Waals surface area contributed by atoms with Gasteiger partial charge in [-0.15, -0.1) is 0 Å². The number of aryl methyl sites for hydroxylation is 1. The molecular formula is C30H30ClNO5. The molecule has 1 aliphatic rings. The van der Waals surface area contributed by atoms with Crippen molar-refractivity contribution in [3.05, 3.63) is 93.5 Å². The maximum Gasteiger partial charge on any atom is 0.300 e. The van der Waals surface area contributed by atoms with Crippen LogP contribution >= 0.6 is 11.6 Å². The number of Topliss-reactive ketones (excluding diaryl/α,β-unsaturated/α-hetero) is 1. The highest BCUT2D eigenvalue weighted by Gasteiger charge is 2.47. The van der Waals surface area contributed by atoms with Crippen molar-refractivity contribution >= 4 is 34.7 Å². The molecule has 7 heteroatoms. The summed E-state index contributed by atoms with van der Waals surface area (Å²) in [5.74, 6) is -1.04. The molecule has 1 unspecified atom stereocenters. The van der Waals surface area contributed by atoms with E-state index in [1.54, 1.807) is 43.5 Å². The number of hydrogen-bond acceptors (Lipinski definition) is 5. The number of aliphatic hydroxyl groups excluding tert-OH is 1. The Bertz CT molecular complexity index is 1390. The van der Waals surface area contributed by atoms with Crippen LogP contribution in [0.5, 0.6) is 11.5 Å². The molecule has 1 N–H and O–H groups in total. The van der Waals surface area contributed by atoms with Crippen LogP contribution in [0.15, 0.2) is 66.2 Å². The van der Waals surface area contributed by atoms with Gasteiger partial charge in [0.2, 0.25) is 0 Å². The number of anilines is 1. The molecule has 0 aromatic heterocycles. The molecule has 0 spiro atoms. The highest BCUT2D eigenvalue weighted by atomic mass is 35.5. The Morgan fingerprint density at radius 3 is 2.11 bits per heavy atom. The Morgan fingerprint density at radius 1 is 0.946 bits per heavy atom. The first-order valence-electron chi connectivity index (χ1n) is 11.9. The van der Waals surface area contributed by atoms with Crippen molar-refractivity contribution in [2.45, 2.75) is 39.2 Å². The van der Waals surface area contributed by atoms with Crippen molar-refractivity contribution in [3.63, 3.8) is 0 Å². The molecule has 4 rings (SSSR count). The molecule has 3 aromatic carbocycles. The van der Waals surface area contributed by atoms with Crippen LogP contribution in [0, 0.1) is 6.92 Å². The molecule has 1 amide bonds. The Kier molecular flexibility index (Phi) is 7.07. The van der Waals surface area contributed by atoms with Gasteiger partial charge >= 0.3 is 0 Å². The normalized spacial score (nSPS) is 17.3. The van der Waals surface area contributed by atoms with Gasteiger partial charge in [0.15, 0.2) is 0 Å². The van der Waals surface area contributed by atoms with Crippen LogP contribution < -0.4 is 14.4 Å². The van der Waals surface area contributed by atoms with Crippen molar-refractivity contribution < 1.29 is 24.2 Å². The van der Waals surface area contributed by atoms with E-state index in [0.29, 0.717) is 22.0 Å². The highest BCUT2D eigenvalue weighted by Crippen LogP contribution is 2.45. The van der Waals surface area contributed by atoms with Crippen molar-refractivity contribution in [1.82, 2.24) is 0 Å². The van der Waals surface area contributed by atoms with Gasteiger partial charge in [-0.05, 0) is 65.4 Å². The lowest BCUT2D eigenvalue weighted by molar-refractivity contribution is -0.132. The van der Waals surface area contributed by atoms with Crippen LogP contribution in [-0.4, -0.2) is 31.0 Å². The number of methoxy groups -OCH3 is 2. The Balaban J connectivity index is 1.97. The maximum atomic E-state index is 13.5. The van der Waals surface area contributed by atoms with Crippen molar-refractivity contribution in [2.75, 3.05) is 19.1 Å². The van der Waals surface area contributed by atoms with E-state index in [9.17, 15) is 14.7 Å². The number of amides is 1. The Labute approximate surface area is 222 Å². The van der Waals surface area contributed by atoms with E-state index in [0.717, 1.165) is 11.1 Å². The molecule has 0 radical (unpaired) electrons. The largest absolute Gasteiger partial charge is 0.507 e. The summed E-state index contributed by atoms with van der Waals surface area (Å²) in [5, 5.41) is 11.8. The fraction of sp³-hybridized carbons (Fsp3) is 0.267. The summed E-state index contributed by atoms with van der Waals surface area (Å²) < 4.78 is 10.7. The average molecular weight is 520 g/mol. The monoisotopic (exact) mass is 519 g/mol. The van der Waals surface area contributed by atoms with Gasteiger partial charge in [0.05, 0.1) is 36.4 Å². The summed E-state index contributed by atoms with van der Waals surface area (Å²) in [6, 6.07) is 17.1. The lowest BCUT2D eigenvalue weighted by Crippen LogP contribution is -2.29. The van der Waals surface area contributed by atoms with Gasteiger partial charge in [-0.1, -0.05) is 56.6 Å². The third-order valence-electron chi connectivity index (χ3n) is 6.53. The Hall–Kier alpha value is -3.77. The number of ether oxygens (including phenoxy) is 2. The first-order chi connectivity index (χ1) is 17.5. The zero-order chi connectivity index (χ0) is 27.1. The van der Waals surface area contributed by atoms with Crippen LogP contribution in [0.25, 0.3) is 5.76 Å². The SMILES string of the molecule is COc1ccc(N2C(=O)C(=O)/C(=C(/O)c3cc(C)cc(Cl)c3OC)C2c2ccc(C(C)(C)C)cc2)cc1. The van der Waals surface area contributed by atoms with Gasteiger partial charge in [0.1, 0.15) is 17.3 Å². The topological polar surface area (TPSA) is 76.1 Å². The average Bonchev–Trinajstić information content (AvgIpc) is 3.13. The molecule has 1 aliphatic heterocycles. The number of nitrogens with zero attached hydrogens (tertiary/aromatic N) is 1. The molecule has 1 heterocycles. The van der Waals surface area contributed by atoms with Crippen molar-refractivity contribution in [3.8, 4) is 11.5 Å². The smallest absolute Gasteiger partial charge is 0.300 e. The molecule has 1 atom stereocenters. The molecular weight excluding hydrogens is 490 g/mol. The van der Waals surface area contributed by atoms with E-state index >= 15 is 0 Å². The van der Waals surface area contributed by atoms with Crippen LogP contribution in [0.1, 0.15) is 49.1 Å². The Morgan fingerprint density at radius 2 is 1.57 bits per heavy atom. The number of carbonyl (C=O) groups is 2. The number of hydrogen-bond donors (Lipinski definition) is 1. The van der Waals surface area contributed by atoms with E-state index in [2.05, 4.69) is 20.8 Å². The van der Waals surface area contributed by atoms with Gasteiger partial charge in [-0.3, -0.25) is 14.5 Å². The number of aliphatic hydroxyl groups is 1. The zero-order valence-corrected chi connectivity index (χ0v) is 22.5. The molecule has 6 nitrogen and oxygen atoms in total. The molecule has 0 bridgehead atoms. The van der Waals surface area contributed by atoms with E-state index in [1.807, 2.05) is 31.2 Å². The molecule has 1 saturated heterocycles. The molecule has 3 aromatic rings. The molecule has 1 fully saturated rings. The van der Waals surface area contributed by atoms with Crippen LogP contribution in [0.2, 0.25) is 5.02 Å². The third-order valence-corrected chi connectivity index (χ3v) is 6.82. The second-order valence-corrected chi connectivity index (χ2v) is 10.5. The minimum absolute atomic E-state index is 0.0377. The first-order valence-corrected chi connectivity index (χ1v) is 12.3. The fourth-order valence-corrected chi connectivity index (χ4v) is 4.93. The van der Waals surface area contributed by atoms with Crippen molar-refractivity contribution in [2.24, 2.45) is 0 Å². The van der Waals surface area contributed by atoms with Crippen LogP contribution in [-0.2, 0) is 15.0 Å². The van der Waals surface area contributed by atoms with Gasteiger partial charge in [0.25, 0.3) is 11.7 Å². The number of ketones is 1. The molecule has 192 valence electrons. The van der Waals surface area contributed by atoms with Crippen LogP contribution in [0.4, 0.5) is 5.69 Å². The van der Waals surface area contributed by atoms with Gasteiger partial charge in [0, 0.05) is 5.69 Å². The minimum atomic E-state index is -0.869. The van der Waals surface area contributed by atoms with Crippen LogP contribution in [0.3, 0.4) is 0 Å². The summed E-state index contributed by atoms with van der Waals surface area (Å²) in [5.41, 5.74) is 3.18. The predicted octanol–water partition coefficient (Wildman–Crippen LogP) is 6.59. The number of benzene rings is 3. The number of rotatable bonds is 5. The van der Waals surface area contributed by atoms with E-state index < -0.39 is 17.7 Å². The lowest BCUT2D eigenvalue weighted by Gasteiger charge is -2.27. The third kappa shape index (κ3) is 4.81. The van der Waals surface area contributed by atoms with E-state index in [4.69, 9.17) is 21.1 Å². The highest BCUT2D eigenvalue weighted by molar-refractivity contribution is 6.51. The second-order valence-electron chi connectivity index (χ2n) is 10.1. The molecule has 0 saturated carbocycles. The van der Waals surface area contributed by atoms with E-state index in [-0.39, 0.29) is 28.1 Å². The van der Waals surface area contributed by atoms with Gasteiger partial charge in [-0.2, -0.15) is 0 Å².